The third-order valence-corrected chi connectivity index (χ3v) is 4.77. The van der Waals surface area contributed by atoms with Gasteiger partial charge in [0.15, 0.2) is 5.58 Å². The molecule has 1 unspecified atom stereocenters. The minimum absolute atomic E-state index is 0. The molecule has 1 saturated heterocycles. The van der Waals surface area contributed by atoms with E-state index in [-0.39, 0.29) is 24.2 Å². The Morgan fingerprint density at radius 3 is 2.95 bits per heavy atom. The minimum atomic E-state index is -3.41. The highest BCUT2D eigenvalue weighted by Crippen LogP contribution is 2.19. The third kappa shape index (κ3) is 3.94. The number of nitrogens with zero attached hydrogens (tertiary/aromatic N) is 1. The van der Waals surface area contributed by atoms with Crippen LogP contribution in [0.15, 0.2) is 28.8 Å². The molecule has 1 aliphatic heterocycles. The monoisotopic (exact) mass is 331 g/mol. The summed E-state index contributed by atoms with van der Waals surface area (Å²) in [5, 5.41) is 7.80. The summed E-state index contributed by atoms with van der Waals surface area (Å²) in [5.74, 6) is -0.152. The van der Waals surface area contributed by atoms with Crippen molar-refractivity contribution in [3.8, 4) is 0 Å². The van der Waals surface area contributed by atoms with E-state index < -0.39 is 10.0 Å². The Balaban J connectivity index is 0.00000161. The lowest BCUT2D eigenvalue weighted by atomic mass is 10.1. The lowest BCUT2D eigenvalue weighted by molar-refractivity contribution is 0.427. The van der Waals surface area contributed by atoms with Crippen LogP contribution in [0.1, 0.15) is 18.5 Å². The average Bonchev–Trinajstić information content (AvgIpc) is 2.82. The summed E-state index contributed by atoms with van der Waals surface area (Å²) < 4.78 is 32.2. The number of para-hydroxylation sites is 1. The first-order valence-corrected chi connectivity index (χ1v) is 8.33. The van der Waals surface area contributed by atoms with Crippen molar-refractivity contribution in [1.29, 1.82) is 0 Å². The molecule has 0 aliphatic carbocycles. The highest BCUT2D eigenvalue weighted by atomic mass is 35.5. The topological polar surface area (TPSA) is 84.2 Å². The number of benzene rings is 1. The van der Waals surface area contributed by atoms with E-state index in [1.54, 1.807) is 6.07 Å². The van der Waals surface area contributed by atoms with E-state index in [2.05, 4.69) is 15.2 Å². The second kappa shape index (κ2) is 6.74. The number of hydrogen-bond donors (Lipinski definition) is 2. The van der Waals surface area contributed by atoms with Crippen molar-refractivity contribution >= 4 is 33.4 Å². The van der Waals surface area contributed by atoms with E-state index in [4.69, 9.17) is 4.52 Å². The first-order chi connectivity index (χ1) is 9.64. The molecule has 2 N–H and O–H groups in total. The predicted octanol–water partition coefficient (Wildman–Crippen LogP) is 1.42. The maximum absolute atomic E-state index is 12.2. The van der Waals surface area contributed by atoms with Crippen LogP contribution >= 0.6 is 12.4 Å². The van der Waals surface area contributed by atoms with Crippen molar-refractivity contribution in [2.45, 2.75) is 24.6 Å². The van der Waals surface area contributed by atoms with Gasteiger partial charge in [-0.25, -0.2) is 13.1 Å². The fourth-order valence-corrected chi connectivity index (χ4v) is 3.83. The molecule has 21 heavy (non-hydrogen) atoms. The zero-order valence-electron chi connectivity index (χ0n) is 11.4. The van der Waals surface area contributed by atoms with Crippen LogP contribution in [0.2, 0.25) is 0 Å². The molecule has 1 aromatic carbocycles. The molecule has 0 amide bonds. The standard InChI is InChI=1S/C13H17N3O3S.ClH/c17-20(18,16-10-4-3-7-14-8-10)9-12-11-5-1-2-6-13(11)19-15-12;/h1-2,5-6,10,14,16H,3-4,7-9H2;1H. The first kappa shape index (κ1) is 16.2. The summed E-state index contributed by atoms with van der Waals surface area (Å²) in [7, 11) is -3.41. The molecule has 116 valence electrons. The van der Waals surface area contributed by atoms with Crippen LogP contribution in [0.5, 0.6) is 0 Å². The van der Waals surface area contributed by atoms with Crippen LogP contribution < -0.4 is 10.0 Å². The Bertz CT molecular complexity index is 696. The highest BCUT2D eigenvalue weighted by molar-refractivity contribution is 7.88. The van der Waals surface area contributed by atoms with Crippen molar-refractivity contribution in [3.63, 3.8) is 0 Å². The van der Waals surface area contributed by atoms with Gasteiger partial charge in [-0.15, -0.1) is 12.4 Å². The molecule has 3 rings (SSSR count). The number of rotatable bonds is 4. The number of piperidine rings is 1. The van der Waals surface area contributed by atoms with Crippen LogP contribution in [0.4, 0.5) is 0 Å². The maximum Gasteiger partial charge on any atom is 0.217 e. The number of sulfonamides is 1. The van der Waals surface area contributed by atoms with Crippen LogP contribution in [-0.2, 0) is 15.8 Å². The molecule has 6 nitrogen and oxygen atoms in total. The largest absolute Gasteiger partial charge is 0.356 e. The Morgan fingerprint density at radius 1 is 1.38 bits per heavy atom. The number of nitrogens with one attached hydrogen (secondary N) is 2. The van der Waals surface area contributed by atoms with Gasteiger partial charge in [-0.3, -0.25) is 0 Å². The quantitative estimate of drug-likeness (QED) is 0.885. The Morgan fingerprint density at radius 2 is 2.19 bits per heavy atom. The summed E-state index contributed by atoms with van der Waals surface area (Å²) in [6, 6.07) is 7.23. The van der Waals surface area contributed by atoms with Crippen molar-refractivity contribution in [1.82, 2.24) is 15.2 Å². The van der Waals surface area contributed by atoms with E-state index >= 15 is 0 Å². The number of fused-ring (bicyclic) bond motifs is 1. The zero-order chi connectivity index (χ0) is 14.0. The molecule has 0 bridgehead atoms. The van der Waals surface area contributed by atoms with E-state index in [9.17, 15) is 8.42 Å². The normalized spacial score (nSPS) is 19.3. The Labute approximate surface area is 129 Å². The van der Waals surface area contributed by atoms with E-state index in [1.807, 2.05) is 18.2 Å². The molecule has 2 heterocycles. The van der Waals surface area contributed by atoms with E-state index in [0.29, 0.717) is 17.8 Å². The van der Waals surface area contributed by atoms with Crippen LogP contribution in [-0.4, -0.2) is 32.7 Å². The van der Waals surface area contributed by atoms with Gasteiger partial charge in [0.25, 0.3) is 0 Å². The van der Waals surface area contributed by atoms with Gasteiger partial charge >= 0.3 is 0 Å². The van der Waals surface area contributed by atoms with Gasteiger partial charge in [-0.2, -0.15) is 0 Å². The molecular weight excluding hydrogens is 314 g/mol. The molecule has 1 atom stereocenters. The molecule has 0 saturated carbocycles. The molecule has 2 aromatic rings. The summed E-state index contributed by atoms with van der Waals surface area (Å²) in [5.41, 5.74) is 1.06. The van der Waals surface area contributed by atoms with Gasteiger partial charge < -0.3 is 9.84 Å². The maximum atomic E-state index is 12.2. The Hall–Kier alpha value is -1.15. The SMILES string of the molecule is Cl.O=S(=O)(Cc1noc2ccccc12)NC1CCCNC1. The molecule has 0 radical (unpaired) electrons. The number of aromatic nitrogens is 1. The molecule has 1 aromatic heterocycles. The molecule has 1 aliphatic rings. The molecule has 8 heteroatoms. The zero-order valence-corrected chi connectivity index (χ0v) is 13.0. The molecule has 0 spiro atoms. The van der Waals surface area contributed by atoms with Crippen molar-refractivity contribution in [3.05, 3.63) is 30.0 Å². The van der Waals surface area contributed by atoms with Gasteiger partial charge in [0.1, 0.15) is 11.4 Å². The number of hydrogen-bond acceptors (Lipinski definition) is 5. The number of halogens is 1. The van der Waals surface area contributed by atoms with Gasteiger partial charge in [0, 0.05) is 18.0 Å². The van der Waals surface area contributed by atoms with Crippen molar-refractivity contribution in [2.24, 2.45) is 0 Å². The summed E-state index contributed by atoms with van der Waals surface area (Å²) in [6.07, 6.45) is 1.85. The second-order valence-corrected chi connectivity index (χ2v) is 6.80. The summed E-state index contributed by atoms with van der Waals surface area (Å²) in [4.78, 5) is 0. The van der Waals surface area contributed by atoms with Gasteiger partial charge in [0.2, 0.25) is 10.0 Å². The van der Waals surface area contributed by atoms with Gasteiger partial charge in [0.05, 0.1) is 0 Å². The van der Waals surface area contributed by atoms with Crippen LogP contribution in [0, 0.1) is 0 Å². The fourth-order valence-electron chi connectivity index (χ4n) is 2.47. The summed E-state index contributed by atoms with van der Waals surface area (Å²) >= 11 is 0. The van der Waals surface area contributed by atoms with E-state index in [0.717, 1.165) is 24.8 Å². The highest BCUT2D eigenvalue weighted by Gasteiger charge is 2.22. The first-order valence-electron chi connectivity index (χ1n) is 6.68. The second-order valence-electron chi connectivity index (χ2n) is 5.05. The molecular formula is C13H18ClN3O3S. The van der Waals surface area contributed by atoms with Crippen LogP contribution in [0.25, 0.3) is 11.0 Å². The minimum Gasteiger partial charge on any atom is -0.356 e. The predicted molar refractivity (Wildman–Crippen MR) is 82.9 cm³/mol. The fraction of sp³-hybridized carbons (Fsp3) is 0.462. The smallest absolute Gasteiger partial charge is 0.217 e. The molecule has 1 fully saturated rings. The van der Waals surface area contributed by atoms with Gasteiger partial charge in [-0.1, -0.05) is 17.3 Å². The van der Waals surface area contributed by atoms with Crippen LogP contribution in [0.3, 0.4) is 0 Å². The Kier molecular flexibility index (Phi) is 5.21. The average molecular weight is 332 g/mol. The lowest BCUT2D eigenvalue weighted by Crippen LogP contribution is -2.45. The van der Waals surface area contributed by atoms with Crippen molar-refractivity contribution in [2.75, 3.05) is 13.1 Å². The van der Waals surface area contributed by atoms with Crippen molar-refractivity contribution < 1.29 is 12.9 Å². The van der Waals surface area contributed by atoms with Gasteiger partial charge in [-0.05, 0) is 31.5 Å². The summed E-state index contributed by atoms with van der Waals surface area (Å²) in [6.45, 7) is 1.63. The lowest BCUT2D eigenvalue weighted by Gasteiger charge is -2.23. The third-order valence-electron chi connectivity index (χ3n) is 3.42. The van der Waals surface area contributed by atoms with E-state index in [1.165, 1.54) is 0 Å².